The topological polar surface area (TPSA) is 95.2 Å². The van der Waals surface area contributed by atoms with E-state index in [9.17, 15) is 0 Å². The summed E-state index contributed by atoms with van der Waals surface area (Å²) in [5.74, 6) is 2.51. The van der Waals surface area contributed by atoms with Gasteiger partial charge in [-0.25, -0.2) is 9.97 Å². The van der Waals surface area contributed by atoms with Crippen LogP contribution in [0.25, 0.3) is 16.5 Å². The molecule has 4 aromatic rings. The molecule has 10 heteroatoms. The lowest BCUT2D eigenvalue weighted by molar-refractivity contribution is 0.270. The Morgan fingerprint density at radius 3 is 2.76 bits per heavy atom. The van der Waals surface area contributed by atoms with Crippen molar-refractivity contribution in [3.8, 4) is 11.5 Å². The normalized spacial score (nSPS) is 13.1. The number of nitrogens with zero attached hydrogens (tertiary/aromatic N) is 4. The number of anilines is 2. The minimum Gasteiger partial charge on any atom is -0.493 e. The molecule has 0 saturated heterocycles. The zero-order valence-corrected chi connectivity index (χ0v) is 19.6. The van der Waals surface area contributed by atoms with Crippen molar-refractivity contribution in [3.63, 3.8) is 0 Å². The predicted molar refractivity (Wildman–Crippen MR) is 131 cm³/mol. The largest absolute Gasteiger partial charge is 0.493 e. The molecular weight excluding hydrogens is 477 g/mol. The Morgan fingerprint density at radius 1 is 1.06 bits per heavy atom. The van der Waals surface area contributed by atoms with E-state index in [0.29, 0.717) is 44.6 Å². The lowest BCUT2D eigenvalue weighted by Crippen LogP contribution is -2.01. The molecule has 0 atom stereocenters. The van der Waals surface area contributed by atoms with Crippen molar-refractivity contribution >= 4 is 51.2 Å². The number of allylic oxidation sites excluding steroid dienone is 4. The van der Waals surface area contributed by atoms with E-state index in [1.54, 1.807) is 25.3 Å². The van der Waals surface area contributed by atoms with Crippen molar-refractivity contribution in [3.05, 3.63) is 76.6 Å². The molecule has 2 aromatic carbocycles. The molecule has 1 aliphatic carbocycles. The van der Waals surface area contributed by atoms with E-state index >= 15 is 0 Å². The van der Waals surface area contributed by atoms with Crippen molar-refractivity contribution in [2.45, 2.75) is 19.4 Å². The van der Waals surface area contributed by atoms with E-state index in [-0.39, 0.29) is 6.61 Å². The van der Waals surface area contributed by atoms with Gasteiger partial charge in [0.2, 0.25) is 5.82 Å². The number of fused-ring (bicyclic) bond motifs is 1. The van der Waals surface area contributed by atoms with Gasteiger partial charge in [-0.05, 0) is 37.1 Å². The molecule has 8 nitrogen and oxygen atoms in total. The number of rotatable bonds is 7. The number of ether oxygens (including phenoxy) is 2. The zero-order valence-electron chi connectivity index (χ0n) is 18.1. The lowest BCUT2D eigenvalue weighted by atomic mass is 10.1. The van der Waals surface area contributed by atoms with Gasteiger partial charge in [0.15, 0.2) is 18.1 Å². The molecule has 0 bridgehead atoms. The summed E-state index contributed by atoms with van der Waals surface area (Å²) in [5.41, 5.74) is 2.33. The van der Waals surface area contributed by atoms with E-state index in [1.807, 2.05) is 18.2 Å². The average molecular weight is 496 g/mol. The number of hydrogen-bond donors (Lipinski definition) is 1. The molecule has 2 heterocycles. The van der Waals surface area contributed by atoms with Crippen LogP contribution in [0.3, 0.4) is 0 Å². The summed E-state index contributed by atoms with van der Waals surface area (Å²) < 4.78 is 16.9. The second-order valence-electron chi connectivity index (χ2n) is 7.44. The van der Waals surface area contributed by atoms with Crippen molar-refractivity contribution in [2.24, 2.45) is 0 Å². The molecule has 0 unspecified atom stereocenters. The Balaban J connectivity index is 1.38. The van der Waals surface area contributed by atoms with Gasteiger partial charge in [0.05, 0.1) is 22.7 Å². The highest BCUT2D eigenvalue weighted by molar-refractivity contribution is 6.42. The van der Waals surface area contributed by atoms with Crippen LogP contribution in [0.5, 0.6) is 11.5 Å². The minimum absolute atomic E-state index is 0.113. The summed E-state index contributed by atoms with van der Waals surface area (Å²) in [7, 11) is 1.57. The van der Waals surface area contributed by atoms with Crippen molar-refractivity contribution < 1.29 is 14.0 Å². The number of methoxy groups -OCH3 is 1. The number of aromatic nitrogens is 4. The van der Waals surface area contributed by atoms with Crippen molar-refractivity contribution in [2.75, 3.05) is 12.4 Å². The first-order valence-electron chi connectivity index (χ1n) is 10.5. The maximum atomic E-state index is 6.13. The van der Waals surface area contributed by atoms with Gasteiger partial charge in [-0.3, -0.25) is 0 Å². The van der Waals surface area contributed by atoms with Gasteiger partial charge in [0.25, 0.3) is 5.89 Å². The number of benzene rings is 2. The van der Waals surface area contributed by atoms with Gasteiger partial charge in [0.1, 0.15) is 12.1 Å². The first-order valence-corrected chi connectivity index (χ1v) is 11.2. The third kappa shape index (κ3) is 4.69. The van der Waals surface area contributed by atoms with Crippen LogP contribution in [-0.2, 0) is 6.61 Å². The highest BCUT2D eigenvalue weighted by Gasteiger charge is 2.15. The molecular formula is C24H19Cl2N5O3. The predicted octanol–water partition coefficient (Wildman–Crippen LogP) is 6.38. The van der Waals surface area contributed by atoms with Crippen molar-refractivity contribution in [1.82, 2.24) is 20.1 Å². The van der Waals surface area contributed by atoms with Crippen LogP contribution >= 0.6 is 23.2 Å². The number of hydrogen-bond acceptors (Lipinski definition) is 8. The minimum atomic E-state index is 0.113. The Morgan fingerprint density at radius 2 is 1.97 bits per heavy atom. The molecule has 0 aliphatic heterocycles. The first kappa shape index (κ1) is 22.2. The summed E-state index contributed by atoms with van der Waals surface area (Å²) >= 11 is 12.1. The van der Waals surface area contributed by atoms with E-state index < -0.39 is 0 Å². The van der Waals surface area contributed by atoms with E-state index in [0.717, 1.165) is 29.5 Å². The fourth-order valence-corrected chi connectivity index (χ4v) is 3.79. The van der Waals surface area contributed by atoms with Gasteiger partial charge in [-0.15, -0.1) is 0 Å². The van der Waals surface area contributed by atoms with Crippen LogP contribution in [0.2, 0.25) is 10.0 Å². The molecule has 0 radical (unpaired) electrons. The molecule has 172 valence electrons. The zero-order chi connectivity index (χ0) is 23.5. The van der Waals surface area contributed by atoms with Crippen LogP contribution in [0.4, 0.5) is 11.5 Å². The van der Waals surface area contributed by atoms with Crippen LogP contribution in [-0.4, -0.2) is 27.2 Å². The fourth-order valence-electron chi connectivity index (χ4n) is 3.49. The molecule has 0 amide bonds. The molecule has 1 N–H and O–H groups in total. The Labute approximate surface area is 205 Å². The maximum Gasteiger partial charge on any atom is 0.257 e. The van der Waals surface area contributed by atoms with Crippen LogP contribution in [0.15, 0.2) is 59.4 Å². The molecule has 0 spiro atoms. The Bertz CT molecular complexity index is 1420. The Kier molecular flexibility index (Phi) is 6.33. The van der Waals surface area contributed by atoms with E-state index in [4.69, 9.17) is 37.2 Å². The second kappa shape index (κ2) is 9.70. The molecule has 34 heavy (non-hydrogen) atoms. The third-order valence-electron chi connectivity index (χ3n) is 5.17. The molecule has 5 rings (SSSR count). The third-order valence-corrected chi connectivity index (χ3v) is 5.91. The standard InChI is InChI=1S/C24H19Cl2N5O3/c1-32-20-10-16-19(27-13-28-23(16)29-15-7-8-17(25)18(26)9-15)11-21(20)33-12-22-30-24(34-31-22)14-5-3-2-4-6-14/h3,5-11,13H,2,4,12H2,1H3,(H,27,28,29). The van der Waals surface area contributed by atoms with E-state index in [1.165, 1.54) is 6.33 Å². The molecule has 1 aliphatic rings. The summed E-state index contributed by atoms with van der Waals surface area (Å²) in [4.78, 5) is 13.2. The summed E-state index contributed by atoms with van der Waals surface area (Å²) in [5, 5.41) is 8.92. The molecule has 0 fully saturated rings. The fraction of sp³-hybridized carbons (Fsp3) is 0.167. The van der Waals surface area contributed by atoms with Crippen molar-refractivity contribution in [1.29, 1.82) is 0 Å². The van der Waals surface area contributed by atoms with Crippen LogP contribution in [0.1, 0.15) is 24.6 Å². The monoisotopic (exact) mass is 495 g/mol. The SMILES string of the molecule is COc1cc2c(Nc3ccc(Cl)c(Cl)c3)ncnc2cc1OCc1noc(C2=CCCC=C2)n1. The molecule has 2 aromatic heterocycles. The highest BCUT2D eigenvalue weighted by atomic mass is 35.5. The number of halogens is 2. The summed E-state index contributed by atoms with van der Waals surface area (Å²) in [6.45, 7) is 0.113. The van der Waals surface area contributed by atoms with Gasteiger partial charge < -0.3 is 19.3 Å². The van der Waals surface area contributed by atoms with E-state index in [2.05, 4.69) is 37.6 Å². The molecule has 0 saturated carbocycles. The smallest absolute Gasteiger partial charge is 0.257 e. The second-order valence-corrected chi connectivity index (χ2v) is 8.25. The lowest BCUT2D eigenvalue weighted by Gasteiger charge is -2.13. The summed E-state index contributed by atoms with van der Waals surface area (Å²) in [6.07, 6.45) is 9.59. The Hall–Kier alpha value is -3.62. The first-order chi connectivity index (χ1) is 16.6. The highest BCUT2D eigenvalue weighted by Crippen LogP contribution is 2.36. The van der Waals surface area contributed by atoms with Gasteiger partial charge in [-0.1, -0.05) is 46.6 Å². The number of nitrogens with one attached hydrogen (secondary N) is 1. The average Bonchev–Trinajstić information content (AvgIpc) is 3.34. The van der Waals surface area contributed by atoms with Crippen LogP contribution < -0.4 is 14.8 Å². The van der Waals surface area contributed by atoms with Gasteiger partial charge >= 0.3 is 0 Å². The maximum absolute atomic E-state index is 6.13. The quantitative estimate of drug-likeness (QED) is 0.315. The van der Waals surface area contributed by atoms with Gasteiger partial charge in [-0.2, -0.15) is 4.98 Å². The van der Waals surface area contributed by atoms with Crippen LogP contribution in [0, 0.1) is 0 Å². The van der Waals surface area contributed by atoms with Gasteiger partial charge in [0, 0.05) is 22.7 Å². The summed E-state index contributed by atoms with van der Waals surface area (Å²) in [6, 6.07) is 8.85.